The predicted octanol–water partition coefficient (Wildman–Crippen LogP) is 3.25. The van der Waals surface area contributed by atoms with Crippen LogP contribution in [0.1, 0.15) is 31.6 Å². The first-order valence-electron chi connectivity index (χ1n) is 6.23. The van der Waals surface area contributed by atoms with Crippen LogP contribution in [0.5, 0.6) is 0 Å². The Morgan fingerprint density at radius 2 is 2.12 bits per heavy atom. The minimum Gasteiger partial charge on any atom is -0.326 e. The molecular formula is C13H21BrN2S. The van der Waals surface area contributed by atoms with Crippen LogP contribution >= 0.6 is 27.3 Å². The van der Waals surface area contributed by atoms with Gasteiger partial charge in [0.15, 0.2) is 0 Å². The molecule has 1 aliphatic rings. The number of likely N-dealkylation sites (tertiary alicyclic amines) is 1. The lowest BCUT2D eigenvalue weighted by atomic mass is 9.90. The maximum Gasteiger partial charge on any atom is 0.0307 e. The van der Waals surface area contributed by atoms with Gasteiger partial charge in [0, 0.05) is 26.3 Å². The van der Waals surface area contributed by atoms with E-state index in [-0.39, 0.29) is 11.6 Å². The molecule has 0 radical (unpaired) electrons. The Labute approximate surface area is 116 Å². The molecule has 1 aliphatic heterocycles. The number of rotatable bonds is 4. The molecule has 4 heteroatoms. The normalized spacial score (nSPS) is 19.8. The van der Waals surface area contributed by atoms with E-state index < -0.39 is 0 Å². The van der Waals surface area contributed by atoms with Crippen LogP contribution in [0, 0.1) is 0 Å². The lowest BCUT2D eigenvalue weighted by Crippen LogP contribution is -2.55. The SMILES string of the molecule is CC(C)(C(N)Cc1cc(Br)cs1)N1CCCC1. The van der Waals surface area contributed by atoms with Crippen LogP contribution in [-0.2, 0) is 6.42 Å². The van der Waals surface area contributed by atoms with Crippen LogP contribution in [0.15, 0.2) is 15.9 Å². The zero-order chi connectivity index (χ0) is 12.5. The summed E-state index contributed by atoms with van der Waals surface area (Å²) in [5, 5.41) is 2.13. The molecule has 1 fully saturated rings. The smallest absolute Gasteiger partial charge is 0.0307 e. The highest BCUT2D eigenvalue weighted by atomic mass is 79.9. The Morgan fingerprint density at radius 1 is 1.47 bits per heavy atom. The van der Waals surface area contributed by atoms with Crippen molar-refractivity contribution in [3.05, 3.63) is 20.8 Å². The Morgan fingerprint density at radius 3 is 2.65 bits per heavy atom. The zero-order valence-corrected chi connectivity index (χ0v) is 13.0. The molecule has 0 aromatic carbocycles. The summed E-state index contributed by atoms with van der Waals surface area (Å²) >= 11 is 5.29. The van der Waals surface area contributed by atoms with Crippen LogP contribution in [-0.4, -0.2) is 29.6 Å². The topological polar surface area (TPSA) is 29.3 Å². The molecule has 1 aromatic heterocycles. The van der Waals surface area contributed by atoms with Gasteiger partial charge in [0.1, 0.15) is 0 Å². The largest absolute Gasteiger partial charge is 0.326 e. The highest BCUT2D eigenvalue weighted by Gasteiger charge is 2.34. The van der Waals surface area contributed by atoms with Gasteiger partial charge in [0.25, 0.3) is 0 Å². The second-order valence-electron chi connectivity index (χ2n) is 5.39. The molecule has 2 nitrogen and oxygen atoms in total. The molecular weight excluding hydrogens is 296 g/mol. The maximum absolute atomic E-state index is 6.42. The van der Waals surface area contributed by atoms with E-state index in [9.17, 15) is 0 Å². The van der Waals surface area contributed by atoms with Crippen molar-refractivity contribution in [2.75, 3.05) is 13.1 Å². The minimum atomic E-state index is 0.104. The van der Waals surface area contributed by atoms with E-state index in [1.54, 1.807) is 11.3 Å². The van der Waals surface area contributed by atoms with E-state index >= 15 is 0 Å². The molecule has 0 amide bonds. The van der Waals surface area contributed by atoms with Crippen LogP contribution in [0.4, 0.5) is 0 Å². The van der Waals surface area contributed by atoms with Gasteiger partial charge in [-0.05, 0) is 68.2 Å². The molecule has 0 spiro atoms. The Balaban J connectivity index is 2.00. The first-order valence-corrected chi connectivity index (χ1v) is 7.91. The van der Waals surface area contributed by atoms with Gasteiger partial charge in [-0.2, -0.15) is 0 Å². The lowest BCUT2D eigenvalue weighted by molar-refractivity contribution is 0.124. The number of hydrogen-bond acceptors (Lipinski definition) is 3. The molecule has 17 heavy (non-hydrogen) atoms. The van der Waals surface area contributed by atoms with E-state index in [0.717, 1.165) is 6.42 Å². The summed E-state index contributed by atoms with van der Waals surface area (Å²) in [6, 6.07) is 2.39. The fraction of sp³-hybridized carbons (Fsp3) is 0.692. The van der Waals surface area contributed by atoms with E-state index in [1.165, 1.54) is 35.3 Å². The molecule has 1 atom stereocenters. The van der Waals surface area contributed by atoms with Crippen molar-refractivity contribution < 1.29 is 0 Å². The molecule has 0 aliphatic carbocycles. The van der Waals surface area contributed by atoms with Crippen LogP contribution in [0.25, 0.3) is 0 Å². The van der Waals surface area contributed by atoms with Gasteiger partial charge in [0.2, 0.25) is 0 Å². The molecule has 96 valence electrons. The molecule has 2 rings (SSSR count). The first kappa shape index (κ1) is 13.5. The number of halogens is 1. The molecule has 2 heterocycles. The maximum atomic E-state index is 6.42. The number of nitrogens with zero attached hydrogens (tertiary/aromatic N) is 1. The third-order valence-electron chi connectivity index (χ3n) is 3.87. The monoisotopic (exact) mass is 316 g/mol. The van der Waals surface area contributed by atoms with Gasteiger partial charge in [-0.15, -0.1) is 11.3 Å². The van der Waals surface area contributed by atoms with Crippen LogP contribution in [0.2, 0.25) is 0 Å². The van der Waals surface area contributed by atoms with Crippen molar-refractivity contribution in [3.8, 4) is 0 Å². The predicted molar refractivity (Wildman–Crippen MR) is 78.6 cm³/mol. The summed E-state index contributed by atoms with van der Waals surface area (Å²) in [6.07, 6.45) is 3.61. The summed E-state index contributed by atoms with van der Waals surface area (Å²) in [5.41, 5.74) is 6.53. The van der Waals surface area contributed by atoms with E-state index in [0.29, 0.717) is 0 Å². The van der Waals surface area contributed by atoms with Crippen molar-refractivity contribution in [2.24, 2.45) is 5.73 Å². The Hall–Kier alpha value is 0.1000. The van der Waals surface area contributed by atoms with Crippen molar-refractivity contribution in [1.82, 2.24) is 4.90 Å². The highest BCUT2D eigenvalue weighted by Crippen LogP contribution is 2.27. The van der Waals surface area contributed by atoms with Crippen LogP contribution < -0.4 is 5.73 Å². The van der Waals surface area contributed by atoms with Gasteiger partial charge in [-0.25, -0.2) is 0 Å². The summed E-state index contributed by atoms with van der Waals surface area (Å²) in [6.45, 7) is 6.97. The van der Waals surface area contributed by atoms with Gasteiger partial charge < -0.3 is 5.73 Å². The molecule has 1 saturated heterocycles. The standard InChI is InChI=1S/C13H21BrN2S/c1-13(2,16-5-3-4-6-16)12(15)8-11-7-10(14)9-17-11/h7,9,12H,3-6,8,15H2,1-2H3. The van der Waals surface area contributed by atoms with E-state index in [1.807, 2.05) is 0 Å². The third kappa shape index (κ3) is 3.11. The van der Waals surface area contributed by atoms with Crippen molar-refractivity contribution in [3.63, 3.8) is 0 Å². The number of nitrogens with two attached hydrogens (primary N) is 1. The summed E-state index contributed by atoms with van der Waals surface area (Å²) in [7, 11) is 0. The zero-order valence-electron chi connectivity index (χ0n) is 10.6. The fourth-order valence-electron chi connectivity index (χ4n) is 2.46. The van der Waals surface area contributed by atoms with E-state index in [2.05, 4.69) is 46.1 Å². The summed E-state index contributed by atoms with van der Waals surface area (Å²) in [4.78, 5) is 3.91. The van der Waals surface area contributed by atoms with Gasteiger partial charge >= 0.3 is 0 Å². The summed E-state index contributed by atoms with van der Waals surface area (Å²) < 4.78 is 1.17. The van der Waals surface area contributed by atoms with Crippen LogP contribution in [0.3, 0.4) is 0 Å². The highest BCUT2D eigenvalue weighted by molar-refractivity contribution is 9.10. The summed E-state index contributed by atoms with van der Waals surface area (Å²) in [5.74, 6) is 0. The second kappa shape index (κ2) is 5.39. The second-order valence-corrected chi connectivity index (χ2v) is 7.30. The van der Waals surface area contributed by atoms with Crippen molar-refractivity contribution >= 4 is 27.3 Å². The average molecular weight is 317 g/mol. The van der Waals surface area contributed by atoms with Gasteiger partial charge in [-0.1, -0.05) is 0 Å². The first-order chi connectivity index (χ1) is 8.00. The number of hydrogen-bond donors (Lipinski definition) is 1. The third-order valence-corrected chi connectivity index (χ3v) is 5.59. The van der Waals surface area contributed by atoms with Gasteiger partial charge in [-0.3, -0.25) is 4.90 Å². The quantitative estimate of drug-likeness (QED) is 0.923. The molecule has 1 aromatic rings. The lowest BCUT2D eigenvalue weighted by Gasteiger charge is -2.40. The molecule has 0 bridgehead atoms. The molecule has 1 unspecified atom stereocenters. The molecule has 2 N–H and O–H groups in total. The van der Waals surface area contributed by atoms with Crippen molar-refractivity contribution in [1.29, 1.82) is 0 Å². The van der Waals surface area contributed by atoms with Gasteiger partial charge in [0.05, 0.1) is 0 Å². The van der Waals surface area contributed by atoms with E-state index in [4.69, 9.17) is 5.73 Å². The Bertz CT molecular complexity index is 369. The fourth-order valence-corrected chi connectivity index (χ4v) is 3.97. The average Bonchev–Trinajstić information content (AvgIpc) is 2.89. The number of thiophene rings is 1. The molecule has 0 saturated carbocycles. The van der Waals surface area contributed by atoms with Crippen molar-refractivity contribution in [2.45, 2.75) is 44.7 Å². The Kier molecular flexibility index (Phi) is 4.29. The minimum absolute atomic E-state index is 0.104.